The van der Waals surface area contributed by atoms with Gasteiger partial charge in [-0.3, -0.25) is 4.90 Å². The van der Waals surface area contributed by atoms with Crippen molar-refractivity contribution in [3.63, 3.8) is 0 Å². The number of nitrogen functional groups attached to an aromatic ring is 1. The molecule has 1 saturated carbocycles. The lowest BCUT2D eigenvalue weighted by Gasteiger charge is -2.41. The molecule has 0 bridgehead atoms. The molecular formula is C34H42N10S. The monoisotopic (exact) mass is 622 g/mol. The van der Waals surface area contributed by atoms with E-state index >= 15 is 0 Å². The number of benzene rings is 2. The Morgan fingerprint density at radius 3 is 2.38 bits per heavy atom. The van der Waals surface area contributed by atoms with Gasteiger partial charge in [-0.2, -0.15) is 5.10 Å². The number of thiazole rings is 1. The predicted octanol–water partition coefficient (Wildman–Crippen LogP) is 5.69. The molecule has 7 rings (SSSR count). The highest BCUT2D eigenvalue weighted by atomic mass is 32.1. The molecule has 5 aromatic rings. The van der Waals surface area contributed by atoms with Gasteiger partial charge in [0.15, 0.2) is 10.8 Å². The second-order valence-electron chi connectivity index (χ2n) is 12.3. The van der Waals surface area contributed by atoms with Crippen LogP contribution >= 0.6 is 11.3 Å². The number of hydrogen-bond acceptors (Lipinski definition) is 10. The zero-order valence-electron chi connectivity index (χ0n) is 26.1. The van der Waals surface area contributed by atoms with Crippen molar-refractivity contribution in [2.24, 2.45) is 5.73 Å². The van der Waals surface area contributed by atoms with Gasteiger partial charge < -0.3 is 21.7 Å². The zero-order chi connectivity index (χ0) is 30.9. The fourth-order valence-corrected chi connectivity index (χ4v) is 7.86. The Bertz CT molecular complexity index is 1760. The number of nitrogens with zero attached hydrogens (tertiary/aromatic N) is 7. The molecular weight excluding hydrogens is 581 g/mol. The molecule has 0 radical (unpaired) electrons. The number of likely N-dealkylation sites (N-methyl/N-ethyl adjacent to an activating group) is 1. The molecule has 10 nitrogen and oxygen atoms in total. The summed E-state index contributed by atoms with van der Waals surface area (Å²) in [5.74, 6) is 0.467. The summed E-state index contributed by atoms with van der Waals surface area (Å²) in [7, 11) is 2.22. The van der Waals surface area contributed by atoms with E-state index in [1.807, 2.05) is 12.1 Å². The number of fused-ring (bicyclic) bond motifs is 1. The first-order chi connectivity index (χ1) is 22.0. The maximum Gasteiger partial charge on any atom is 0.187 e. The van der Waals surface area contributed by atoms with Gasteiger partial charge in [0, 0.05) is 60.5 Å². The van der Waals surface area contributed by atoms with Gasteiger partial charge in [-0.05, 0) is 56.8 Å². The van der Waals surface area contributed by atoms with Gasteiger partial charge in [0.25, 0.3) is 0 Å². The number of aryl methyl sites for hydroxylation is 1. The fourth-order valence-electron chi connectivity index (χ4n) is 6.93. The Labute approximate surface area is 268 Å². The number of nitrogens with two attached hydrogens (primary N) is 2. The molecule has 0 spiro atoms. The van der Waals surface area contributed by atoms with Crippen LogP contribution in [0.25, 0.3) is 33.5 Å². The molecule has 1 aliphatic carbocycles. The van der Waals surface area contributed by atoms with Crippen molar-refractivity contribution < 1.29 is 0 Å². The molecule has 4 heterocycles. The summed E-state index contributed by atoms with van der Waals surface area (Å²) in [5, 5.41) is 10.4. The van der Waals surface area contributed by atoms with Crippen LogP contribution < -0.4 is 16.8 Å². The molecule has 0 unspecified atom stereocenters. The van der Waals surface area contributed by atoms with Crippen LogP contribution in [0.15, 0.2) is 54.9 Å². The maximum absolute atomic E-state index is 6.46. The fraction of sp³-hybridized carbons (Fsp3) is 0.412. The summed E-state index contributed by atoms with van der Waals surface area (Å²) in [5.41, 5.74) is 19.3. The van der Waals surface area contributed by atoms with Crippen LogP contribution in [0.4, 0.5) is 16.6 Å². The minimum atomic E-state index is 0.302. The van der Waals surface area contributed by atoms with Gasteiger partial charge in [0.05, 0.1) is 17.1 Å². The van der Waals surface area contributed by atoms with Crippen LogP contribution in [0.1, 0.15) is 49.1 Å². The molecule has 1 aliphatic heterocycles. The Kier molecular flexibility index (Phi) is 8.50. The third kappa shape index (κ3) is 5.93. The SMILES string of the molecule is CCc1sc(Nc2ccc(-c3nn(C4CCC(N5CCN(C)CC5)CC4)c4ncnc(N)c34)cc2)nc1-c1ccccc1CN. The number of anilines is 3. The van der Waals surface area contributed by atoms with Crippen LogP contribution in [-0.2, 0) is 13.0 Å². The summed E-state index contributed by atoms with van der Waals surface area (Å²) in [4.78, 5) is 20.3. The van der Waals surface area contributed by atoms with E-state index in [1.54, 1.807) is 17.7 Å². The first-order valence-electron chi connectivity index (χ1n) is 16.1. The lowest BCUT2D eigenvalue weighted by Crippen LogP contribution is -2.49. The quantitative estimate of drug-likeness (QED) is 0.200. The zero-order valence-corrected chi connectivity index (χ0v) is 26.9. The van der Waals surface area contributed by atoms with E-state index in [-0.39, 0.29) is 0 Å². The largest absolute Gasteiger partial charge is 0.383 e. The molecule has 11 heteroatoms. The molecule has 3 aromatic heterocycles. The number of hydrogen-bond donors (Lipinski definition) is 3. The lowest BCUT2D eigenvalue weighted by molar-refractivity contribution is 0.0815. The Balaban J connectivity index is 1.11. The van der Waals surface area contributed by atoms with Crippen molar-refractivity contribution in [1.82, 2.24) is 34.5 Å². The van der Waals surface area contributed by atoms with Gasteiger partial charge in [0.1, 0.15) is 17.8 Å². The molecule has 45 heavy (non-hydrogen) atoms. The van der Waals surface area contributed by atoms with Crippen molar-refractivity contribution in [2.45, 2.75) is 57.7 Å². The van der Waals surface area contributed by atoms with Crippen molar-refractivity contribution in [3.8, 4) is 22.5 Å². The summed E-state index contributed by atoms with van der Waals surface area (Å²) < 4.78 is 2.12. The maximum atomic E-state index is 6.46. The van der Waals surface area contributed by atoms with Crippen LogP contribution in [0.2, 0.25) is 0 Å². The summed E-state index contributed by atoms with van der Waals surface area (Å²) >= 11 is 1.68. The Morgan fingerprint density at radius 1 is 0.911 bits per heavy atom. The third-order valence-electron chi connectivity index (χ3n) is 9.50. The van der Waals surface area contributed by atoms with Gasteiger partial charge in [-0.1, -0.05) is 43.3 Å². The van der Waals surface area contributed by atoms with Crippen LogP contribution in [0, 0.1) is 0 Å². The molecule has 0 amide bonds. The molecule has 1 saturated heterocycles. The highest BCUT2D eigenvalue weighted by molar-refractivity contribution is 7.16. The van der Waals surface area contributed by atoms with Crippen molar-refractivity contribution in [1.29, 1.82) is 0 Å². The average Bonchev–Trinajstić information content (AvgIpc) is 3.68. The number of piperazine rings is 1. The Morgan fingerprint density at radius 2 is 1.64 bits per heavy atom. The molecule has 0 atom stereocenters. The minimum absolute atomic E-state index is 0.302. The first kappa shape index (κ1) is 29.8. The first-order valence-corrected chi connectivity index (χ1v) is 16.9. The minimum Gasteiger partial charge on any atom is -0.383 e. The van der Waals surface area contributed by atoms with E-state index < -0.39 is 0 Å². The summed E-state index contributed by atoms with van der Waals surface area (Å²) in [6.45, 7) is 7.30. The van der Waals surface area contributed by atoms with Crippen molar-refractivity contribution >= 4 is 39.0 Å². The average molecular weight is 623 g/mol. The summed E-state index contributed by atoms with van der Waals surface area (Å²) in [6.07, 6.45) is 7.01. The molecule has 2 aliphatic rings. The second kappa shape index (κ2) is 12.8. The number of aromatic nitrogens is 5. The molecule has 234 valence electrons. The highest BCUT2D eigenvalue weighted by Crippen LogP contribution is 2.38. The van der Waals surface area contributed by atoms with Crippen LogP contribution in [0.3, 0.4) is 0 Å². The van der Waals surface area contributed by atoms with Crippen molar-refractivity contribution in [2.75, 3.05) is 44.3 Å². The highest BCUT2D eigenvalue weighted by Gasteiger charge is 2.30. The van der Waals surface area contributed by atoms with E-state index in [1.165, 1.54) is 30.8 Å². The van der Waals surface area contributed by atoms with E-state index in [0.29, 0.717) is 24.4 Å². The standard InChI is InChI=1S/C34H42N10S/c1-3-28-31(27-7-5-4-6-23(27)20-35)40-34(45-28)39-24-10-8-22(9-11-24)30-29-32(36)37-21-38-33(29)44(41-30)26-14-12-25(13-15-26)43-18-16-42(2)17-19-43/h4-11,21,25-26H,3,12-20,35H2,1-2H3,(H,39,40)(H2,36,37,38). The van der Waals surface area contributed by atoms with Crippen molar-refractivity contribution in [3.05, 3.63) is 65.3 Å². The molecule has 2 aromatic carbocycles. The topological polar surface area (TPSA) is 127 Å². The smallest absolute Gasteiger partial charge is 0.187 e. The number of nitrogens with one attached hydrogen (secondary N) is 1. The van der Waals surface area contributed by atoms with E-state index in [9.17, 15) is 0 Å². The lowest BCUT2D eigenvalue weighted by atomic mass is 9.90. The third-order valence-corrected chi connectivity index (χ3v) is 10.6. The van der Waals surface area contributed by atoms with Crippen LogP contribution in [0.5, 0.6) is 0 Å². The normalized spacial score (nSPS) is 19.7. The second-order valence-corrected chi connectivity index (χ2v) is 13.3. The van der Waals surface area contributed by atoms with E-state index in [0.717, 1.165) is 82.3 Å². The Hall–Kier alpha value is -3.90. The summed E-state index contributed by atoms with van der Waals surface area (Å²) in [6, 6.07) is 17.5. The van der Waals surface area contributed by atoms with E-state index in [4.69, 9.17) is 21.5 Å². The van der Waals surface area contributed by atoms with Gasteiger partial charge in [-0.25, -0.2) is 19.6 Å². The van der Waals surface area contributed by atoms with Gasteiger partial charge in [0.2, 0.25) is 0 Å². The van der Waals surface area contributed by atoms with E-state index in [2.05, 4.69) is 80.1 Å². The van der Waals surface area contributed by atoms with Gasteiger partial charge >= 0.3 is 0 Å². The molecule has 5 N–H and O–H groups in total. The number of rotatable bonds is 8. The predicted molar refractivity (Wildman–Crippen MR) is 184 cm³/mol. The van der Waals surface area contributed by atoms with Crippen LogP contribution in [-0.4, -0.2) is 73.8 Å². The molecule has 2 fully saturated rings. The van der Waals surface area contributed by atoms with Gasteiger partial charge in [-0.15, -0.1) is 11.3 Å².